The molecular formula is C11H13FN2O. The summed E-state index contributed by atoms with van der Waals surface area (Å²) in [4.78, 5) is 11.5. The van der Waals surface area contributed by atoms with Gasteiger partial charge in [-0.15, -0.1) is 0 Å². The number of nitrogens with one attached hydrogen (secondary N) is 2. The summed E-state index contributed by atoms with van der Waals surface area (Å²) in [6, 6.07) is 4.29. The summed E-state index contributed by atoms with van der Waals surface area (Å²) in [5.74, 6) is -0.369. The molecule has 0 saturated heterocycles. The number of hydrogen-bond donors (Lipinski definition) is 2. The molecule has 0 radical (unpaired) electrons. The van der Waals surface area contributed by atoms with Gasteiger partial charge in [0.25, 0.3) is 0 Å². The molecule has 0 fully saturated rings. The molecule has 0 bridgehead atoms. The van der Waals surface area contributed by atoms with Crippen LogP contribution in [-0.2, 0) is 4.79 Å². The molecule has 0 saturated carbocycles. The van der Waals surface area contributed by atoms with Crippen molar-refractivity contribution in [2.75, 3.05) is 10.6 Å². The van der Waals surface area contributed by atoms with Gasteiger partial charge in [-0.3, -0.25) is 4.79 Å². The minimum atomic E-state index is -0.358. The van der Waals surface area contributed by atoms with E-state index < -0.39 is 0 Å². The van der Waals surface area contributed by atoms with E-state index in [9.17, 15) is 9.18 Å². The Morgan fingerprint density at radius 3 is 2.80 bits per heavy atom. The molecule has 1 aromatic carbocycles. The monoisotopic (exact) mass is 208 g/mol. The zero-order valence-electron chi connectivity index (χ0n) is 8.73. The van der Waals surface area contributed by atoms with Gasteiger partial charge in [-0.1, -0.05) is 0 Å². The molecular weight excluding hydrogens is 195 g/mol. The summed E-state index contributed by atoms with van der Waals surface area (Å²) in [6.07, 6.45) is 0.364. The second-order valence-electron chi connectivity index (χ2n) is 4.42. The first-order chi connectivity index (χ1) is 6.96. The minimum absolute atomic E-state index is 0.0575. The van der Waals surface area contributed by atoms with E-state index in [1.54, 1.807) is 6.07 Å². The number of anilines is 2. The average molecular weight is 208 g/mol. The first kappa shape index (κ1) is 9.96. The van der Waals surface area contributed by atoms with Crippen LogP contribution >= 0.6 is 0 Å². The molecule has 3 nitrogen and oxygen atoms in total. The number of fused-ring (bicyclic) bond motifs is 1. The van der Waals surface area contributed by atoms with Crippen LogP contribution in [0.5, 0.6) is 0 Å². The van der Waals surface area contributed by atoms with Crippen molar-refractivity contribution in [3.05, 3.63) is 24.0 Å². The predicted molar refractivity (Wildman–Crippen MR) is 57.3 cm³/mol. The minimum Gasteiger partial charge on any atom is -0.378 e. The highest BCUT2D eigenvalue weighted by atomic mass is 19.1. The van der Waals surface area contributed by atoms with Crippen molar-refractivity contribution in [2.45, 2.75) is 25.8 Å². The fourth-order valence-electron chi connectivity index (χ4n) is 1.73. The van der Waals surface area contributed by atoms with Crippen LogP contribution in [0.15, 0.2) is 18.2 Å². The number of benzene rings is 1. The molecule has 1 aromatic rings. The molecule has 1 heterocycles. The second-order valence-corrected chi connectivity index (χ2v) is 4.42. The van der Waals surface area contributed by atoms with Crippen molar-refractivity contribution in [1.29, 1.82) is 0 Å². The Bertz CT molecular complexity index is 415. The normalized spacial score (nSPS) is 18.5. The Morgan fingerprint density at radius 1 is 1.33 bits per heavy atom. The summed E-state index contributed by atoms with van der Waals surface area (Å²) in [5.41, 5.74) is 0.904. The maximum Gasteiger partial charge on any atom is 0.226 e. The van der Waals surface area contributed by atoms with Crippen molar-refractivity contribution in [3.8, 4) is 0 Å². The van der Waals surface area contributed by atoms with E-state index in [0.717, 1.165) is 0 Å². The first-order valence-corrected chi connectivity index (χ1v) is 4.84. The molecule has 2 rings (SSSR count). The molecule has 0 unspecified atom stereocenters. The van der Waals surface area contributed by atoms with Crippen molar-refractivity contribution in [1.82, 2.24) is 0 Å². The molecule has 4 heteroatoms. The molecule has 0 aliphatic carbocycles. The highest BCUT2D eigenvalue weighted by Gasteiger charge is 2.26. The highest BCUT2D eigenvalue weighted by molar-refractivity contribution is 5.96. The Kier molecular flexibility index (Phi) is 2.14. The van der Waals surface area contributed by atoms with Gasteiger partial charge in [0.15, 0.2) is 0 Å². The molecule has 0 aromatic heterocycles. The zero-order chi connectivity index (χ0) is 11.1. The Hall–Kier alpha value is -1.58. The standard InChI is InChI=1S/C11H13FN2O/c1-11(2)6-10(15)13-8-4-3-7(12)5-9(8)14-11/h3-5,14H,6H2,1-2H3,(H,13,15). The van der Waals surface area contributed by atoms with Crippen LogP contribution in [0.25, 0.3) is 0 Å². The number of halogens is 1. The molecule has 0 spiro atoms. The number of carbonyl (C=O) groups excluding carboxylic acids is 1. The quantitative estimate of drug-likeness (QED) is 0.687. The maximum atomic E-state index is 13.0. The highest BCUT2D eigenvalue weighted by Crippen LogP contribution is 2.30. The zero-order valence-corrected chi connectivity index (χ0v) is 8.73. The van der Waals surface area contributed by atoms with Crippen molar-refractivity contribution >= 4 is 17.3 Å². The lowest BCUT2D eigenvalue weighted by molar-refractivity contribution is -0.116. The second kappa shape index (κ2) is 3.22. The van der Waals surface area contributed by atoms with Crippen LogP contribution in [0.3, 0.4) is 0 Å². The van der Waals surface area contributed by atoms with E-state index in [1.807, 2.05) is 13.8 Å². The van der Waals surface area contributed by atoms with Gasteiger partial charge < -0.3 is 10.6 Å². The van der Waals surface area contributed by atoms with Gasteiger partial charge >= 0.3 is 0 Å². The summed E-state index contributed by atoms with van der Waals surface area (Å²) < 4.78 is 13.0. The third kappa shape index (κ3) is 2.09. The van der Waals surface area contributed by atoms with Crippen LogP contribution in [0.1, 0.15) is 20.3 Å². The van der Waals surface area contributed by atoms with Crippen LogP contribution < -0.4 is 10.6 Å². The number of hydrogen-bond acceptors (Lipinski definition) is 2. The summed E-state index contributed by atoms with van der Waals surface area (Å²) in [7, 11) is 0. The Morgan fingerprint density at radius 2 is 2.07 bits per heavy atom. The van der Waals surface area contributed by atoms with Gasteiger partial charge in [0.2, 0.25) is 5.91 Å². The molecule has 15 heavy (non-hydrogen) atoms. The number of rotatable bonds is 0. The van der Waals surface area contributed by atoms with Gasteiger partial charge in [0.1, 0.15) is 5.82 Å². The lowest BCUT2D eigenvalue weighted by Gasteiger charge is -2.24. The largest absolute Gasteiger partial charge is 0.378 e. The first-order valence-electron chi connectivity index (χ1n) is 4.84. The SMILES string of the molecule is CC1(C)CC(=O)Nc2ccc(F)cc2N1. The van der Waals surface area contributed by atoms with E-state index in [2.05, 4.69) is 10.6 Å². The molecule has 1 aliphatic rings. The molecule has 80 valence electrons. The van der Waals surface area contributed by atoms with Gasteiger partial charge in [-0.05, 0) is 32.0 Å². The Balaban J connectivity index is 2.45. The fourth-order valence-corrected chi connectivity index (χ4v) is 1.73. The van der Waals surface area contributed by atoms with E-state index >= 15 is 0 Å². The topological polar surface area (TPSA) is 41.1 Å². The van der Waals surface area contributed by atoms with Gasteiger partial charge in [-0.2, -0.15) is 0 Å². The maximum absolute atomic E-state index is 13.0. The lowest BCUT2D eigenvalue weighted by atomic mass is 10.0. The van der Waals surface area contributed by atoms with Crippen molar-refractivity contribution < 1.29 is 9.18 Å². The van der Waals surface area contributed by atoms with E-state index in [1.165, 1.54) is 12.1 Å². The van der Waals surface area contributed by atoms with Gasteiger partial charge in [-0.25, -0.2) is 4.39 Å². The van der Waals surface area contributed by atoms with Crippen LogP contribution in [0, 0.1) is 5.82 Å². The van der Waals surface area contributed by atoms with Crippen LogP contribution in [0.4, 0.5) is 15.8 Å². The fraction of sp³-hybridized carbons (Fsp3) is 0.364. The third-order valence-corrected chi connectivity index (χ3v) is 2.33. The molecule has 2 N–H and O–H groups in total. The number of carbonyl (C=O) groups is 1. The summed E-state index contributed by atoms with van der Waals surface area (Å²) in [6.45, 7) is 3.82. The van der Waals surface area contributed by atoms with Gasteiger partial charge in [0, 0.05) is 12.0 Å². The van der Waals surface area contributed by atoms with Gasteiger partial charge in [0.05, 0.1) is 11.4 Å². The van der Waals surface area contributed by atoms with Crippen molar-refractivity contribution in [3.63, 3.8) is 0 Å². The third-order valence-electron chi connectivity index (χ3n) is 2.33. The Labute approximate surface area is 87.7 Å². The van der Waals surface area contributed by atoms with E-state index in [0.29, 0.717) is 17.8 Å². The summed E-state index contributed by atoms with van der Waals surface area (Å²) >= 11 is 0. The molecule has 1 amide bonds. The smallest absolute Gasteiger partial charge is 0.226 e. The molecule has 0 atom stereocenters. The van der Waals surface area contributed by atoms with E-state index in [4.69, 9.17) is 0 Å². The number of amides is 1. The predicted octanol–water partition coefficient (Wildman–Crippen LogP) is 2.36. The van der Waals surface area contributed by atoms with Crippen molar-refractivity contribution in [2.24, 2.45) is 0 Å². The molecule has 1 aliphatic heterocycles. The average Bonchev–Trinajstić information content (AvgIpc) is 2.17. The lowest BCUT2D eigenvalue weighted by Crippen LogP contribution is -2.32. The van der Waals surface area contributed by atoms with Crippen LogP contribution in [0.2, 0.25) is 0 Å². The summed E-state index contributed by atoms with van der Waals surface area (Å²) in [5, 5.41) is 5.88. The van der Waals surface area contributed by atoms with E-state index in [-0.39, 0.29) is 17.3 Å². The van der Waals surface area contributed by atoms with Crippen LogP contribution in [-0.4, -0.2) is 11.4 Å².